The molecule has 0 aliphatic carbocycles. The summed E-state index contributed by atoms with van der Waals surface area (Å²) in [7, 11) is 0. The van der Waals surface area contributed by atoms with Crippen molar-refractivity contribution in [2.24, 2.45) is 0 Å². The van der Waals surface area contributed by atoms with Crippen molar-refractivity contribution in [2.75, 3.05) is 19.6 Å². The van der Waals surface area contributed by atoms with Crippen LogP contribution in [-0.4, -0.2) is 36.3 Å². The van der Waals surface area contributed by atoms with E-state index in [4.69, 9.17) is 4.74 Å². The van der Waals surface area contributed by atoms with Crippen molar-refractivity contribution in [2.45, 2.75) is 13.8 Å². The summed E-state index contributed by atoms with van der Waals surface area (Å²) in [4.78, 5) is 25.8. The van der Waals surface area contributed by atoms with Crippen molar-refractivity contribution < 1.29 is 14.3 Å². The van der Waals surface area contributed by atoms with E-state index in [1.165, 1.54) is 4.90 Å². The van der Waals surface area contributed by atoms with Gasteiger partial charge in [0.05, 0.1) is 6.54 Å². The molecule has 0 fully saturated rings. The number of benzene rings is 2. The van der Waals surface area contributed by atoms with Crippen LogP contribution >= 0.6 is 0 Å². The minimum absolute atomic E-state index is 0.0486. The van der Waals surface area contributed by atoms with Gasteiger partial charge in [-0.1, -0.05) is 24.3 Å². The Morgan fingerprint density at radius 2 is 1.71 bits per heavy atom. The lowest BCUT2D eigenvalue weighted by Crippen LogP contribution is -2.40. The van der Waals surface area contributed by atoms with Crippen LogP contribution in [0.2, 0.25) is 0 Å². The fourth-order valence-corrected chi connectivity index (χ4v) is 2.25. The molecule has 2 amide bonds. The largest absolute Gasteiger partial charge is 0.457 e. The Bertz CT molecular complexity index is 686. The molecule has 5 nitrogen and oxygen atoms in total. The lowest BCUT2D eigenvalue weighted by molar-refractivity contribution is -0.121. The van der Waals surface area contributed by atoms with Gasteiger partial charge in [-0.25, -0.2) is 0 Å². The lowest BCUT2D eigenvalue weighted by atomic mass is 10.2. The van der Waals surface area contributed by atoms with E-state index < -0.39 is 0 Å². The Morgan fingerprint density at radius 1 is 1.00 bits per heavy atom. The Balaban J connectivity index is 2.11. The van der Waals surface area contributed by atoms with Gasteiger partial charge in [0.25, 0.3) is 5.91 Å². The summed E-state index contributed by atoms with van der Waals surface area (Å²) >= 11 is 0. The molecule has 2 aromatic carbocycles. The van der Waals surface area contributed by atoms with Gasteiger partial charge in [-0.15, -0.1) is 0 Å². The predicted octanol–water partition coefficient (Wildman–Crippen LogP) is 3.08. The first-order valence-corrected chi connectivity index (χ1v) is 8.03. The van der Waals surface area contributed by atoms with Gasteiger partial charge in [0.15, 0.2) is 0 Å². The summed E-state index contributed by atoms with van der Waals surface area (Å²) in [6.07, 6.45) is 0. The van der Waals surface area contributed by atoms with Gasteiger partial charge in [0, 0.05) is 18.7 Å². The number of ether oxygens (including phenoxy) is 1. The molecule has 2 rings (SSSR count). The van der Waals surface area contributed by atoms with E-state index in [2.05, 4.69) is 5.32 Å². The number of rotatable bonds is 7. The monoisotopic (exact) mass is 326 g/mol. The molecular formula is C19H22N2O3. The average molecular weight is 326 g/mol. The molecule has 0 saturated heterocycles. The molecular weight excluding hydrogens is 304 g/mol. The van der Waals surface area contributed by atoms with Crippen molar-refractivity contribution in [1.82, 2.24) is 10.2 Å². The van der Waals surface area contributed by atoms with E-state index in [9.17, 15) is 9.59 Å². The molecule has 2 aromatic rings. The number of carbonyl (C=O) groups is 2. The molecule has 0 bridgehead atoms. The number of hydrogen-bond donors (Lipinski definition) is 1. The third-order valence-corrected chi connectivity index (χ3v) is 3.44. The van der Waals surface area contributed by atoms with E-state index in [0.717, 1.165) is 0 Å². The first kappa shape index (κ1) is 17.5. The summed E-state index contributed by atoms with van der Waals surface area (Å²) in [6, 6.07) is 16.4. The van der Waals surface area contributed by atoms with Crippen LogP contribution in [0.15, 0.2) is 54.6 Å². The maximum absolute atomic E-state index is 12.6. The predicted molar refractivity (Wildman–Crippen MR) is 93.2 cm³/mol. The Labute approximate surface area is 142 Å². The number of hydrogen-bond acceptors (Lipinski definition) is 3. The fourth-order valence-electron chi connectivity index (χ4n) is 2.25. The third-order valence-electron chi connectivity index (χ3n) is 3.44. The molecule has 0 aliphatic rings. The van der Waals surface area contributed by atoms with E-state index in [1.54, 1.807) is 24.3 Å². The SMILES string of the molecule is CCNC(=O)CN(CC)C(=O)c1cccc(Oc2ccccc2)c1. The molecule has 0 spiro atoms. The van der Waals surface area contributed by atoms with Crippen molar-refractivity contribution in [3.63, 3.8) is 0 Å². The number of carbonyl (C=O) groups excluding carboxylic acids is 2. The first-order valence-electron chi connectivity index (χ1n) is 8.03. The summed E-state index contributed by atoms with van der Waals surface area (Å²) in [5.74, 6) is 0.935. The highest BCUT2D eigenvalue weighted by molar-refractivity contribution is 5.96. The average Bonchev–Trinajstić information content (AvgIpc) is 2.60. The highest BCUT2D eigenvalue weighted by atomic mass is 16.5. The van der Waals surface area contributed by atoms with Gasteiger partial charge in [-0.3, -0.25) is 9.59 Å². The van der Waals surface area contributed by atoms with Gasteiger partial charge in [-0.2, -0.15) is 0 Å². The Morgan fingerprint density at radius 3 is 2.38 bits per heavy atom. The summed E-state index contributed by atoms with van der Waals surface area (Å²) in [6.45, 7) is 4.75. The Kier molecular flexibility index (Phi) is 6.37. The van der Waals surface area contributed by atoms with Gasteiger partial charge >= 0.3 is 0 Å². The van der Waals surface area contributed by atoms with E-state index in [-0.39, 0.29) is 18.4 Å². The summed E-state index contributed by atoms with van der Waals surface area (Å²) < 4.78 is 5.75. The highest BCUT2D eigenvalue weighted by Crippen LogP contribution is 2.22. The number of likely N-dealkylation sites (N-methyl/N-ethyl adjacent to an activating group) is 2. The second kappa shape index (κ2) is 8.72. The topological polar surface area (TPSA) is 58.6 Å². The van der Waals surface area contributed by atoms with Crippen molar-refractivity contribution in [3.8, 4) is 11.5 Å². The van der Waals surface area contributed by atoms with Crippen molar-refractivity contribution >= 4 is 11.8 Å². The van der Waals surface area contributed by atoms with Gasteiger partial charge in [0.1, 0.15) is 11.5 Å². The lowest BCUT2D eigenvalue weighted by Gasteiger charge is -2.20. The standard InChI is InChI=1S/C19H22N2O3/c1-3-20-18(22)14-21(4-2)19(23)15-9-8-12-17(13-15)24-16-10-6-5-7-11-16/h5-13H,3-4,14H2,1-2H3,(H,20,22). The Hall–Kier alpha value is -2.82. The van der Waals surface area contributed by atoms with Crippen LogP contribution in [0, 0.1) is 0 Å². The molecule has 0 aliphatic heterocycles. The van der Waals surface area contributed by atoms with Crippen LogP contribution in [0.25, 0.3) is 0 Å². The molecule has 0 radical (unpaired) electrons. The molecule has 0 atom stereocenters. The van der Waals surface area contributed by atoms with Gasteiger partial charge < -0.3 is 15.0 Å². The summed E-state index contributed by atoms with van der Waals surface area (Å²) in [5, 5.41) is 2.70. The van der Waals surface area contributed by atoms with E-state index in [1.807, 2.05) is 44.2 Å². The maximum atomic E-state index is 12.6. The zero-order chi connectivity index (χ0) is 17.4. The van der Waals surface area contributed by atoms with Gasteiger partial charge in [0.2, 0.25) is 5.91 Å². The van der Waals surface area contributed by atoms with Crippen molar-refractivity contribution in [1.29, 1.82) is 0 Å². The highest BCUT2D eigenvalue weighted by Gasteiger charge is 2.17. The fraction of sp³-hybridized carbons (Fsp3) is 0.263. The molecule has 1 N–H and O–H groups in total. The zero-order valence-electron chi connectivity index (χ0n) is 14.0. The van der Waals surface area contributed by atoms with Crippen LogP contribution in [0.5, 0.6) is 11.5 Å². The van der Waals surface area contributed by atoms with Crippen LogP contribution in [0.3, 0.4) is 0 Å². The maximum Gasteiger partial charge on any atom is 0.254 e. The molecule has 5 heteroatoms. The first-order chi connectivity index (χ1) is 11.6. The molecule has 0 heterocycles. The molecule has 0 aromatic heterocycles. The minimum atomic E-state index is -0.192. The molecule has 0 saturated carbocycles. The molecule has 24 heavy (non-hydrogen) atoms. The normalized spacial score (nSPS) is 10.1. The third kappa shape index (κ3) is 4.84. The smallest absolute Gasteiger partial charge is 0.254 e. The van der Waals surface area contributed by atoms with E-state index in [0.29, 0.717) is 30.2 Å². The van der Waals surface area contributed by atoms with Crippen LogP contribution in [0.1, 0.15) is 24.2 Å². The van der Waals surface area contributed by atoms with E-state index >= 15 is 0 Å². The van der Waals surface area contributed by atoms with Crippen LogP contribution in [0.4, 0.5) is 0 Å². The molecule has 0 unspecified atom stereocenters. The second-order valence-electron chi connectivity index (χ2n) is 5.22. The number of amides is 2. The number of nitrogens with one attached hydrogen (secondary N) is 1. The summed E-state index contributed by atoms with van der Waals surface area (Å²) in [5.41, 5.74) is 0.495. The number of para-hydroxylation sites is 1. The van der Waals surface area contributed by atoms with Crippen LogP contribution in [-0.2, 0) is 4.79 Å². The zero-order valence-corrected chi connectivity index (χ0v) is 14.0. The molecule has 126 valence electrons. The van der Waals surface area contributed by atoms with Gasteiger partial charge in [-0.05, 0) is 44.2 Å². The van der Waals surface area contributed by atoms with Crippen LogP contribution < -0.4 is 10.1 Å². The quantitative estimate of drug-likeness (QED) is 0.850. The minimum Gasteiger partial charge on any atom is -0.457 e. The van der Waals surface area contributed by atoms with Crippen molar-refractivity contribution in [3.05, 3.63) is 60.2 Å². The second-order valence-corrected chi connectivity index (χ2v) is 5.22. The number of nitrogens with zero attached hydrogens (tertiary/aromatic N) is 1.